The Kier molecular flexibility index (Phi) is 6.33. The second kappa shape index (κ2) is 8.55. The minimum atomic E-state index is -0.580. The molecule has 0 aromatic heterocycles. The molecule has 1 unspecified atom stereocenters. The third-order valence-electron chi connectivity index (χ3n) is 4.38. The Balaban J connectivity index is 1.79. The van der Waals surface area contributed by atoms with Crippen LogP contribution in [0.25, 0.3) is 0 Å². The number of nitrogens with zero attached hydrogens (tertiary/aromatic N) is 2. The molecule has 1 fully saturated rings. The fourth-order valence-electron chi connectivity index (χ4n) is 2.55. The van der Waals surface area contributed by atoms with Crippen LogP contribution in [0.1, 0.15) is 17.5 Å². The lowest BCUT2D eigenvalue weighted by Gasteiger charge is -2.28. The van der Waals surface area contributed by atoms with E-state index in [2.05, 4.69) is 10.3 Å². The molecule has 1 heterocycles. The second-order valence-corrected chi connectivity index (χ2v) is 8.53. The van der Waals surface area contributed by atoms with Gasteiger partial charge in [0.25, 0.3) is 0 Å². The van der Waals surface area contributed by atoms with E-state index >= 15 is 0 Å². The van der Waals surface area contributed by atoms with Crippen LogP contribution in [0.3, 0.4) is 0 Å². The summed E-state index contributed by atoms with van der Waals surface area (Å²) in [6, 6.07) is 10.7. The SMILES string of the molecule is Cc1ccc(N=C2SC(C(=O)Nc3ccc(C)c(Cl)c3)CC(=O)N2C)cc1Cl. The molecular weight excluding hydrogens is 417 g/mol. The van der Waals surface area contributed by atoms with Gasteiger partial charge in [0.05, 0.1) is 5.69 Å². The lowest BCUT2D eigenvalue weighted by atomic mass is 10.2. The highest BCUT2D eigenvalue weighted by Gasteiger charge is 2.34. The van der Waals surface area contributed by atoms with E-state index in [1.807, 2.05) is 32.0 Å². The topological polar surface area (TPSA) is 61.8 Å². The predicted molar refractivity (Wildman–Crippen MR) is 117 cm³/mol. The van der Waals surface area contributed by atoms with Crippen LogP contribution in [-0.4, -0.2) is 34.2 Å². The zero-order valence-corrected chi connectivity index (χ0v) is 18.0. The largest absolute Gasteiger partial charge is 0.325 e. The molecule has 1 saturated heterocycles. The first kappa shape index (κ1) is 20.7. The molecule has 146 valence electrons. The minimum Gasteiger partial charge on any atom is -0.325 e. The van der Waals surface area contributed by atoms with Gasteiger partial charge in [-0.25, -0.2) is 4.99 Å². The number of aryl methyl sites for hydroxylation is 2. The van der Waals surface area contributed by atoms with E-state index in [-0.39, 0.29) is 18.2 Å². The van der Waals surface area contributed by atoms with Crippen molar-refractivity contribution in [3.05, 3.63) is 57.6 Å². The number of thioether (sulfide) groups is 1. The third-order valence-corrected chi connectivity index (χ3v) is 6.44. The standard InChI is InChI=1S/C20H19Cl2N3O2S/c1-11-4-6-13(8-15(11)21)23-19(27)17-10-18(26)25(3)20(28-17)24-14-7-5-12(2)16(22)9-14/h4-9,17H,10H2,1-3H3,(H,23,27). The maximum Gasteiger partial charge on any atom is 0.238 e. The molecule has 1 aliphatic heterocycles. The number of benzene rings is 2. The molecule has 0 spiro atoms. The monoisotopic (exact) mass is 435 g/mol. The van der Waals surface area contributed by atoms with E-state index in [9.17, 15) is 9.59 Å². The first-order valence-corrected chi connectivity index (χ1v) is 10.2. The zero-order valence-electron chi connectivity index (χ0n) is 15.6. The highest BCUT2D eigenvalue weighted by Crippen LogP contribution is 2.30. The van der Waals surface area contributed by atoms with Gasteiger partial charge >= 0.3 is 0 Å². The quantitative estimate of drug-likeness (QED) is 0.720. The zero-order chi connectivity index (χ0) is 20.4. The molecule has 8 heteroatoms. The van der Waals surface area contributed by atoms with Crippen LogP contribution >= 0.6 is 35.0 Å². The average molecular weight is 436 g/mol. The molecule has 5 nitrogen and oxygen atoms in total. The van der Waals surface area contributed by atoms with Crippen molar-refractivity contribution in [2.45, 2.75) is 25.5 Å². The summed E-state index contributed by atoms with van der Waals surface area (Å²) >= 11 is 13.5. The fraction of sp³-hybridized carbons (Fsp3) is 0.250. The molecule has 2 aromatic carbocycles. The van der Waals surface area contributed by atoms with Gasteiger partial charge in [-0.15, -0.1) is 0 Å². The maximum absolute atomic E-state index is 12.7. The summed E-state index contributed by atoms with van der Waals surface area (Å²) < 4.78 is 0. The molecule has 1 N–H and O–H groups in total. The lowest BCUT2D eigenvalue weighted by molar-refractivity contribution is -0.128. The van der Waals surface area contributed by atoms with Crippen molar-refractivity contribution >= 4 is 63.3 Å². The summed E-state index contributed by atoms with van der Waals surface area (Å²) in [7, 11) is 1.65. The Morgan fingerprint density at radius 2 is 1.79 bits per heavy atom. The summed E-state index contributed by atoms with van der Waals surface area (Å²) in [4.78, 5) is 31.1. The van der Waals surface area contributed by atoms with Gasteiger partial charge in [0.2, 0.25) is 11.8 Å². The maximum atomic E-state index is 12.7. The van der Waals surface area contributed by atoms with Crippen molar-refractivity contribution < 1.29 is 9.59 Å². The number of anilines is 1. The summed E-state index contributed by atoms with van der Waals surface area (Å²) in [5, 5.41) is 3.87. The second-order valence-electron chi connectivity index (χ2n) is 6.54. The number of carbonyl (C=O) groups excluding carboxylic acids is 2. The number of amides is 2. The summed E-state index contributed by atoms with van der Waals surface area (Å²) in [5.74, 6) is -0.432. The molecule has 0 saturated carbocycles. The molecule has 28 heavy (non-hydrogen) atoms. The highest BCUT2D eigenvalue weighted by molar-refractivity contribution is 8.15. The number of nitrogens with one attached hydrogen (secondary N) is 1. The van der Waals surface area contributed by atoms with Gasteiger partial charge in [-0.3, -0.25) is 14.5 Å². The Hall–Kier alpha value is -2.02. The minimum absolute atomic E-state index is 0.0975. The number of amidine groups is 1. The van der Waals surface area contributed by atoms with E-state index in [1.54, 1.807) is 25.2 Å². The molecule has 1 aliphatic rings. The molecule has 2 amide bonds. The van der Waals surface area contributed by atoms with Gasteiger partial charge in [-0.2, -0.15) is 0 Å². The van der Waals surface area contributed by atoms with Gasteiger partial charge in [0.15, 0.2) is 5.17 Å². The van der Waals surface area contributed by atoms with Crippen LogP contribution in [0.4, 0.5) is 11.4 Å². The van der Waals surface area contributed by atoms with Gasteiger partial charge < -0.3 is 5.32 Å². The van der Waals surface area contributed by atoms with Crippen molar-refractivity contribution in [1.29, 1.82) is 0 Å². The summed E-state index contributed by atoms with van der Waals surface area (Å²) in [6.45, 7) is 3.79. The molecule has 1 atom stereocenters. The predicted octanol–water partition coefficient (Wildman–Crippen LogP) is 5.20. The van der Waals surface area contributed by atoms with Crippen LogP contribution in [0.2, 0.25) is 10.0 Å². The molecule has 3 rings (SSSR count). The third kappa shape index (κ3) is 4.69. The average Bonchev–Trinajstić information content (AvgIpc) is 2.65. The van der Waals surface area contributed by atoms with Crippen molar-refractivity contribution in [1.82, 2.24) is 4.90 Å². The molecule has 0 bridgehead atoms. The van der Waals surface area contributed by atoms with Crippen molar-refractivity contribution in [3.63, 3.8) is 0 Å². The van der Waals surface area contributed by atoms with Gasteiger partial charge in [0, 0.05) is 29.2 Å². The van der Waals surface area contributed by atoms with E-state index in [0.29, 0.717) is 26.6 Å². The smallest absolute Gasteiger partial charge is 0.238 e. The van der Waals surface area contributed by atoms with Crippen molar-refractivity contribution in [3.8, 4) is 0 Å². The first-order valence-electron chi connectivity index (χ1n) is 8.59. The van der Waals surface area contributed by atoms with Crippen LogP contribution in [0.5, 0.6) is 0 Å². The van der Waals surface area contributed by atoms with E-state index in [4.69, 9.17) is 23.2 Å². The Labute approximate surface area is 178 Å². The van der Waals surface area contributed by atoms with E-state index < -0.39 is 5.25 Å². The van der Waals surface area contributed by atoms with Crippen LogP contribution < -0.4 is 5.32 Å². The first-order chi connectivity index (χ1) is 13.2. The number of halogens is 2. The number of carbonyl (C=O) groups is 2. The van der Waals surface area contributed by atoms with Gasteiger partial charge in [-0.1, -0.05) is 47.1 Å². The number of hydrogen-bond donors (Lipinski definition) is 1. The number of rotatable bonds is 3. The molecule has 0 radical (unpaired) electrons. The Morgan fingerprint density at radius 3 is 2.43 bits per heavy atom. The lowest BCUT2D eigenvalue weighted by Crippen LogP contribution is -2.43. The Bertz CT molecular complexity index is 978. The molecular formula is C20H19Cl2N3O2S. The van der Waals surface area contributed by atoms with Gasteiger partial charge in [-0.05, 0) is 49.2 Å². The Morgan fingerprint density at radius 1 is 1.14 bits per heavy atom. The summed E-state index contributed by atoms with van der Waals surface area (Å²) in [6.07, 6.45) is 0.0975. The normalized spacial score (nSPS) is 18.5. The van der Waals surface area contributed by atoms with Crippen LogP contribution in [0, 0.1) is 13.8 Å². The summed E-state index contributed by atoms with van der Waals surface area (Å²) in [5.41, 5.74) is 3.09. The van der Waals surface area contributed by atoms with Crippen molar-refractivity contribution in [2.24, 2.45) is 4.99 Å². The molecule has 2 aromatic rings. The van der Waals surface area contributed by atoms with Crippen LogP contribution in [0.15, 0.2) is 41.4 Å². The fourth-order valence-corrected chi connectivity index (χ4v) is 3.97. The number of hydrogen-bond acceptors (Lipinski definition) is 4. The van der Waals surface area contributed by atoms with Gasteiger partial charge in [0.1, 0.15) is 5.25 Å². The van der Waals surface area contributed by atoms with E-state index in [1.165, 1.54) is 16.7 Å². The van der Waals surface area contributed by atoms with Crippen LogP contribution in [-0.2, 0) is 9.59 Å². The highest BCUT2D eigenvalue weighted by atomic mass is 35.5. The van der Waals surface area contributed by atoms with Crippen molar-refractivity contribution in [2.75, 3.05) is 12.4 Å². The van der Waals surface area contributed by atoms with E-state index in [0.717, 1.165) is 11.1 Å². The molecule has 0 aliphatic carbocycles. The number of aliphatic imine (C=N–C) groups is 1.